The minimum Gasteiger partial charge on any atom is -0.396 e. The van der Waals surface area contributed by atoms with Gasteiger partial charge in [0.05, 0.1) is 11.7 Å². The SMILES string of the molecule is OCC1C(O)CC(NC2Cc3ccccc3C2)C1Cc1ccnc(-c2cccc(C(F)(F)F)c2)n1. The van der Waals surface area contributed by atoms with Gasteiger partial charge in [-0.25, -0.2) is 9.97 Å². The third kappa shape index (κ3) is 5.10. The van der Waals surface area contributed by atoms with E-state index in [1.54, 1.807) is 18.3 Å². The lowest BCUT2D eigenvalue weighted by Gasteiger charge is -2.27. The lowest BCUT2D eigenvalue weighted by molar-refractivity contribution is -0.137. The van der Waals surface area contributed by atoms with Crippen molar-refractivity contribution in [3.8, 4) is 11.4 Å². The number of benzene rings is 2. The number of hydrogen-bond donors (Lipinski definition) is 3. The Morgan fingerprint density at radius 1 is 0.971 bits per heavy atom. The van der Waals surface area contributed by atoms with Crippen molar-refractivity contribution in [3.63, 3.8) is 0 Å². The molecule has 1 saturated carbocycles. The Hall–Kier alpha value is -2.81. The molecule has 0 amide bonds. The quantitative estimate of drug-likeness (QED) is 0.497. The first-order chi connectivity index (χ1) is 16.8. The Labute approximate surface area is 202 Å². The van der Waals surface area contributed by atoms with Crippen molar-refractivity contribution in [2.45, 2.75) is 50.0 Å². The van der Waals surface area contributed by atoms with Gasteiger partial charge in [-0.15, -0.1) is 0 Å². The van der Waals surface area contributed by atoms with Crippen LogP contribution in [0.15, 0.2) is 60.8 Å². The highest BCUT2D eigenvalue weighted by atomic mass is 19.4. The van der Waals surface area contributed by atoms with E-state index in [9.17, 15) is 23.4 Å². The van der Waals surface area contributed by atoms with Gasteiger partial charge in [0.1, 0.15) is 0 Å². The molecule has 5 nitrogen and oxygen atoms in total. The second-order valence-corrected chi connectivity index (χ2v) is 9.61. The minimum absolute atomic E-state index is 0.00608. The van der Waals surface area contributed by atoms with Crippen molar-refractivity contribution < 1.29 is 23.4 Å². The van der Waals surface area contributed by atoms with Crippen LogP contribution in [0.2, 0.25) is 0 Å². The van der Waals surface area contributed by atoms with Crippen LogP contribution in [-0.2, 0) is 25.4 Å². The number of alkyl halides is 3. The zero-order valence-electron chi connectivity index (χ0n) is 19.1. The van der Waals surface area contributed by atoms with Crippen LogP contribution in [0.4, 0.5) is 13.2 Å². The van der Waals surface area contributed by atoms with Gasteiger partial charge in [0.15, 0.2) is 5.82 Å². The zero-order valence-corrected chi connectivity index (χ0v) is 19.1. The Morgan fingerprint density at radius 2 is 1.71 bits per heavy atom. The van der Waals surface area contributed by atoms with E-state index in [2.05, 4.69) is 27.4 Å². The average molecular weight is 484 g/mol. The Kier molecular flexibility index (Phi) is 6.61. The standard InChI is InChI=1S/C27H28F3N3O2/c28-27(29,30)19-7-3-6-18(10-19)26-31-9-8-20(33-26)13-22-23(15-34)25(35)14-24(22)32-21-11-16-4-1-2-5-17(16)12-21/h1-10,21-25,32,34-35H,11-15H2. The smallest absolute Gasteiger partial charge is 0.396 e. The molecule has 3 aromatic rings. The highest BCUT2D eigenvalue weighted by molar-refractivity contribution is 5.56. The van der Waals surface area contributed by atoms with Crippen LogP contribution in [0.5, 0.6) is 0 Å². The van der Waals surface area contributed by atoms with Crippen LogP contribution in [0, 0.1) is 11.8 Å². The fraction of sp³-hybridized carbons (Fsp3) is 0.407. The summed E-state index contributed by atoms with van der Waals surface area (Å²) in [6.45, 7) is -0.138. The third-order valence-corrected chi connectivity index (χ3v) is 7.37. The molecule has 0 radical (unpaired) electrons. The molecule has 0 bridgehead atoms. The van der Waals surface area contributed by atoms with Gasteiger partial charge in [-0.3, -0.25) is 0 Å². The molecule has 184 valence electrons. The van der Waals surface area contributed by atoms with Crippen LogP contribution in [0.1, 0.15) is 28.8 Å². The van der Waals surface area contributed by atoms with Crippen LogP contribution in [0.3, 0.4) is 0 Å². The van der Waals surface area contributed by atoms with E-state index in [1.165, 1.54) is 17.2 Å². The first kappa shape index (κ1) is 23.9. The lowest BCUT2D eigenvalue weighted by atomic mass is 9.88. The van der Waals surface area contributed by atoms with Crippen molar-refractivity contribution in [1.29, 1.82) is 0 Å². The van der Waals surface area contributed by atoms with Gasteiger partial charge in [-0.2, -0.15) is 13.2 Å². The summed E-state index contributed by atoms with van der Waals surface area (Å²) in [5.74, 6) is -0.144. The maximum Gasteiger partial charge on any atom is 0.416 e. The summed E-state index contributed by atoms with van der Waals surface area (Å²) in [7, 11) is 0. The van der Waals surface area contributed by atoms with Crippen molar-refractivity contribution in [2.24, 2.45) is 11.8 Å². The largest absolute Gasteiger partial charge is 0.416 e. The summed E-state index contributed by atoms with van der Waals surface area (Å²) in [4.78, 5) is 8.75. The Morgan fingerprint density at radius 3 is 2.40 bits per heavy atom. The summed E-state index contributed by atoms with van der Waals surface area (Å²) in [6, 6.07) is 15.4. The van der Waals surface area contributed by atoms with E-state index in [0.29, 0.717) is 24.1 Å². The molecule has 4 atom stereocenters. The van der Waals surface area contributed by atoms with Crippen molar-refractivity contribution in [3.05, 3.63) is 83.2 Å². The number of nitrogens with zero attached hydrogens (tertiary/aromatic N) is 2. The number of fused-ring (bicyclic) bond motifs is 1. The van der Waals surface area contributed by atoms with E-state index in [0.717, 1.165) is 25.0 Å². The molecule has 0 saturated heterocycles. The van der Waals surface area contributed by atoms with E-state index in [1.807, 2.05) is 12.1 Å². The molecule has 35 heavy (non-hydrogen) atoms. The summed E-state index contributed by atoms with van der Waals surface area (Å²) in [5.41, 5.74) is 2.89. The molecule has 1 aromatic heterocycles. The molecule has 3 N–H and O–H groups in total. The fourth-order valence-corrected chi connectivity index (χ4v) is 5.64. The Bertz CT molecular complexity index is 1160. The number of aliphatic hydroxyl groups is 2. The maximum absolute atomic E-state index is 13.2. The van der Waals surface area contributed by atoms with Crippen LogP contribution in [0.25, 0.3) is 11.4 Å². The summed E-state index contributed by atoms with van der Waals surface area (Å²) in [5, 5.41) is 24.4. The molecule has 2 aromatic carbocycles. The molecule has 4 unspecified atom stereocenters. The van der Waals surface area contributed by atoms with Crippen LogP contribution in [-0.4, -0.2) is 45.0 Å². The molecular formula is C27H28F3N3O2. The highest BCUT2D eigenvalue weighted by Gasteiger charge is 2.43. The second kappa shape index (κ2) is 9.68. The fourth-order valence-electron chi connectivity index (χ4n) is 5.64. The number of hydrogen-bond acceptors (Lipinski definition) is 5. The molecule has 5 rings (SSSR count). The molecule has 8 heteroatoms. The number of halogens is 3. The van der Waals surface area contributed by atoms with Crippen molar-refractivity contribution >= 4 is 0 Å². The molecule has 1 heterocycles. The number of aliphatic hydroxyl groups excluding tert-OH is 2. The number of aromatic nitrogens is 2. The topological polar surface area (TPSA) is 78.3 Å². The average Bonchev–Trinajstić information content (AvgIpc) is 3.38. The first-order valence-electron chi connectivity index (χ1n) is 11.9. The molecule has 2 aliphatic rings. The van der Waals surface area contributed by atoms with Gasteiger partial charge >= 0.3 is 6.18 Å². The predicted octanol–water partition coefficient (Wildman–Crippen LogP) is 3.82. The monoisotopic (exact) mass is 483 g/mol. The maximum atomic E-state index is 13.2. The summed E-state index contributed by atoms with van der Waals surface area (Å²) < 4.78 is 39.5. The predicted molar refractivity (Wildman–Crippen MR) is 125 cm³/mol. The molecule has 2 aliphatic carbocycles. The van der Waals surface area contributed by atoms with E-state index in [-0.39, 0.29) is 36.4 Å². The first-order valence-corrected chi connectivity index (χ1v) is 11.9. The molecule has 1 fully saturated rings. The van der Waals surface area contributed by atoms with E-state index in [4.69, 9.17) is 0 Å². The van der Waals surface area contributed by atoms with E-state index >= 15 is 0 Å². The minimum atomic E-state index is -4.44. The van der Waals surface area contributed by atoms with Gasteiger partial charge in [-0.05, 0) is 60.9 Å². The third-order valence-electron chi connectivity index (χ3n) is 7.37. The number of nitrogens with one attached hydrogen (secondary N) is 1. The lowest BCUT2D eigenvalue weighted by Crippen LogP contribution is -2.43. The number of rotatable bonds is 6. The van der Waals surface area contributed by atoms with Crippen LogP contribution >= 0.6 is 0 Å². The van der Waals surface area contributed by atoms with Gasteiger partial charge in [0.25, 0.3) is 0 Å². The molecule has 0 aliphatic heterocycles. The van der Waals surface area contributed by atoms with Gasteiger partial charge in [0, 0.05) is 42.1 Å². The van der Waals surface area contributed by atoms with Crippen molar-refractivity contribution in [1.82, 2.24) is 15.3 Å². The van der Waals surface area contributed by atoms with Gasteiger partial charge in [0.2, 0.25) is 0 Å². The van der Waals surface area contributed by atoms with Gasteiger partial charge in [-0.1, -0.05) is 36.4 Å². The molecule has 0 spiro atoms. The Balaban J connectivity index is 1.35. The highest BCUT2D eigenvalue weighted by Crippen LogP contribution is 2.36. The summed E-state index contributed by atoms with van der Waals surface area (Å²) >= 11 is 0. The normalized spacial score (nSPS) is 24.6. The molecular weight excluding hydrogens is 455 g/mol. The van der Waals surface area contributed by atoms with Crippen LogP contribution < -0.4 is 5.32 Å². The van der Waals surface area contributed by atoms with E-state index < -0.39 is 17.8 Å². The van der Waals surface area contributed by atoms with Crippen molar-refractivity contribution in [2.75, 3.05) is 6.61 Å². The summed E-state index contributed by atoms with van der Waals surface area (Å²) in [6.07, 6.45) is -0.661. The second-order valence-electron chi connectivity index (χ2n) is 9.61. The zero-order chi connectivity index (χ0) is 24.6. The van der Waals surface area contributed by atoms with Gasteiger partial charge < -0.3 is 15.5 Å².